The van der Waals surface area contributed by atoms with E-state index in [1.165, 1.54) is 22.6 Å². The second-order valence-corrected chi connectivity index (χ2v) is 10.0. The summed E-state index contributed by atoms with van der Waals surface area (Å²) in [6, 6.07) is 16.6. The molecule has 1 aliphatic rings. The van der Waals surface area contributed by atoms with Crippen molar-refractivity contribution in [1.82, 2.24) is 14.7 Å². The second kappa shape index (κ2) is 9.26. The minimum absolute atomic E-state index is 0.0835. The molecule has 0 radical (unpaired) electrons. The lowest BCUT2D eigenvalue weighted by Gasteiger charge is -2.41. The average Bonchev–Trinajstić information content (AvgIpc) is 3.43. The van der Waals surface area contributed by atoms with E-state index in [0.29, 0.717) is 24.6 Å². The van der Waals surface area contributed by atoms with Gasteiger partial charge in [-0.3, -0.25) is 9.48 Å². The topological polar surface area (TPSA) is 59.8 Å². The Morgan fingerprint density at radius 1 is 1.06 bits per heavy atom. The largest absolute Gasteiger partial charge is 0.493 e. The summed E-state index contributed by atoms with van der Waals surface area (Å²) < 4.78 is 12.7. The Labute approximate surface area is 209 Å². The quantitative estimate of drug-likeness (QED) is 0.395. The summed E-state index contributed by atoms with van der Waals surface area (Å²) in [5.74, 6) is 1.40. The highest BCUT2D eigenvalue weighted by atomic mass is 32.1. The first-order valence-electron chi connectivity index (χ1n) is 11.7. The number of aromatic nitrogens is 2. The molecular weight excluding hydrogens is 460 g/mol. The van der Waals surface area contributed by atoms with E-state index in [2.05, 4.69) is 43.0 Å². The van der Waals surface area contributed by atoms with Crippen LogP contribution in [0.15, 0.2) is 48.5 Å². The van der Waals surface area contributed by atoms with Crippen LogP contribution in [0.4, 0.5) is 5.69 Å². The molecule has 0 N–H and O–H groups in total. The summed E-state index contributed by atoms with van der Waals surface area (Å²) in [7, 11) is 5.16. The van der Waals surface area contributed by atoms with Crippen LogP contribution in [0.25, 0.3) is 21.5 Å². The molecule has 1 fully saturated rings. The highest BCUT2D eigenvalue weighted by molar-refractivity contribution is 7.20. The Hall–Kier alpha value is -3.52. The first-order chi connectivity index (χ1) is 16.9. The maximum atomic E-state index is 13.5. The van der Waals surface area contributed by atoms with Crippen LogP contribution in [0, 0.1) is 6.92 Å². The van der Waals surface area contributed by atoms with Gasteiger partial charge in [-0.25, -0.2) is 0 Å². The number of aryl methyl sites for hydroxylation is 2. The number of ether oxygens (including phenoxy) is 2. The van der Waals surface area contributed by atoms with Crippen LogP contribution in [-0.4, -0.2) is 60.5 Å². The predicted molar refractivity (Wildman–Crippen MR) is 141 cm³/mol. The van der Waals surface area contributed by atoms with Crippen molar-refractivity contribution in [3.63, 3.8) is 0 Å². The number of thiophene rings is 1. The lowest BCUT2D eigenvalue weighted by atomic mass is 10.1. The molecule has 7 nitrogen and oxygen atoms in total. The van der Waals surface area contributed by atoms with Crippen molar-refractivity contribution in [2.45, 2.75) is 19.9 Å². The average molecular weight is 491 g/mol. The van der Waals surface area contributed by atoms with E-state index in [1.807, 2.05) is 40.9 Å². The second-order valence-electron chi connectivity index (χ2n) is 9.00. The number of nitrogens with zero attached hydrogens (tertiary/aromatic N) is 4. The van der Waals surface area contributed by atoms with Crippen molar-refractivity contribution in [3.05, 3.63) is 59.0 Å². The van der Waals surface area contributed by atoms with Crippen molar-refractivity contribution in [2.24, 2.45) is 7.05 Å². The number of hydrogen-bond donors (Lipinski definition) is 0. The van der Waals surface area contributed by atoms with Crippen LogP contribution in [0.1, 0.15) is 22.2 Å². The number of benzene rings is 2. The summed E-state index contributed by atoms with van der Waals surface area (Å²) in [6.07, 6.45) is 0. The van der Waals surface area contributed by atoms with E-state index < -0.39 is 0 Å². The molecule has 0 aliphatic carbocycles. The summed E-state index contributed by atoms with van der Waals surface area (Å²) in [6.45, 7) is 6.51. The molecule has 182 valence electrons. The molecular formula is C27H30N4O3S. The van der Waals surface area contributed by atoms with Gasteiger partial charge in [0, 0.05) is 49.4 Å². The summed E-state index contributed by atoms with van der Waals surface area (Å²) in [5, 5.41) is 5.70. The molecule has 35 heavy (non-hydrogen) atoms. The first kappa shape index (κ1) is 23.2. The van der Waals surface area contributed by atoms with Gasteiger partial charge in [-0.2, -0.15) is 5.10 Å². The molecule has 1 saturated heterocycles. The van der Waals surface area contributed by atoms with Gasteiger partial charge in [0.25, 0.3) is 5.91 Å². The summed E-state index contributed by atoms with van der Waals surface area (Å²) in [4.78, 5) is 19.6. The monoisotopic (exact) mass is 490 g/mol. The third-order valence-electron chi connectivity index (χ3n) is 6.63. The standard InChI is InChI=1S/C27H30N4O3S/c1-17-7-6-8-20(13-17)31-12-11-30(16-18(31)2)26(32)24-15-21-25(28-29(3)27(21)35-24)19-9-10-22(33-4)23(14-19)34-5/h6-10,13-15,18H,11-12,16H2,1-5H3/t18-/m1/s1. The van der Waals surface area contributed by atoms with E-state index in [0.717, 1.165) is 32.9 Å². The lowest BCUT2D eigenvalue weighted by molar-refractivity contribution is 0.0731. The Morgan fingerprint density at radius 2 is 1.86 bits per heavy atom. The minimum Gasteiger partial charge on any atom is -0.493 e. The molecule has 2 aromatic heterocycles. The van der Waals surface area contributed by atoms with E-state index >= 15 is 0 Å². The number of amides is 1. The molecule has 5 rings (SSSR count). The van der Waals surface area contributed by atoms with Crippen LogP contribution in [0.5, 0.6) is 11.5 Å². The third kappa shape index (κ3) is 4.23. The zero-order valence-corrected chi connectivity index (χ0v) is 21.6. The fourth-order valence-electron chi connectivity index (χ4n) is 4.83. The fraction of sp³-hybridized carbons (Fsp3) is 0.333. The number of fused-ring (bicyclic) bond motifs is 1. The van der Waals surface area contributed by atoms with Gasteiger partial charge in [-0.1, -0.05) is 12.1 Å². The van der Waals surface area contributed by atoms with Crippen molar-refractivity contribution in [2.75, 3.05) is 38.8 Å². The summed E-state index contributed by atoms with van der Waals surface area (Å²) >= 11 is 1.50. The molecule has 3 heterocycles. The number of methoxy groups -OCH3 is 2. The van der Waals surface area contributed by atoms with Crippen LogP contribution < -0.4 is 14.4 Å². The van der Waals surface area contributed by atoms with Gasteiger partial charge in [-0.15, -0.1) is 11.3 Å². The van der Waals surface area contributed by atoms with Gasteiger partial charge in [-0.05, 0) is 55.8 Å². The van der Waals surface area contributed by atoms with Gasteiger partial charge in [0.1, 0.15) is 10.5 Å². The van der Waals surface area contributed by atoms with E-state index in [4.69, 9.17) is 14.6 Å². The number of piperazine rings is 1. The molecule has 8 heteroatoms. The van der Waals surface area contributed by atoms with Gasteiger partial charge in [0.2, 0.25) is 0 Å². The zero-order chi connectivity index (χ0) is 24.7. The van der Waals surface area contributed by atoms with Gasteiger partial charge >= 0.3 is 0 Å². The maximum absolute atomic E-state index is 13.5. The maximum Gasteiger partial charge on any atom is 0.264 e. The highest BCUT2D eigenvalue weighted by Crippen LogP contribution is 2.38. The molecule has 0 spiro atoms. The lowest BCUT2D eigenvalue weighted by Crippen LogP contribution is -2.53. The number of anilines is 1. The zero-order valence-electron chi connectivity index (χ0n) is 20.7. The molecule has 1 atom stereocenters. The van der Waals surface area contributed by atoms with Crippen LogP contribution in [0.2, 0.25) is 0 Å². The molecule has 0 unspecified atom stereocenters. The van der Waals surface area contributed by atoms with Gasteiger partial charge in [0.15, 0.2) is 11.5 Å². The normalized spacial score (nSPS) is 16.1. The van der Waals surface area contributed by atoms with Gasteiger partial charge < -0.3 is 19.3 Å². The Morgan fingerprint density at radius 3 is 2.57 bits per heavy atom. The van der Waals surface area contributed by atoms with Gasteiger partial charge in [0.05, 0.1) is 19.1 Å². The van der Waals surface area contributed by atoms with Crippen molar-refractivity contribution < 1.29 is 14.3 Å². The minimum atomic E-state index is 0.0835. The first-order valence-corrected chi connectivity index (χ1v) is 12.5. The Balaban J connectivity index is 1.40. The van der Waals surface area contributed by atoms with Crippen molar-refractivity contribution >= 4 is 33.1 Å². The van der Waals surface area contributed by atoms with E-state index in [9.17, 15) is 4.79 Å². The molecule has 4 aromatic rings. The van der Waals surface area contributed by atoms with Crippen LogP contribution >= 0.6 is 11.3 Å². The third-order valence-corrected chi connectivity index (χ3v) is 7.82. The molecule has 2 aromatic carbocycles. The number of hydrogen-bond acceptors (Lipinski definition) is 6. The number of carbonyl (C=O) groups excluding carboxylic acids is 1. The molecule has 0 bridgehead atoms. The van der Waals surface area contributed by atoms with Crippen molar-refractivity contribution in [3.8, 4) is 22.8 Å². The van der Waals surface area contributed by atoms with E-state index in [1.54, 1.807) is 14.2 Å². The highest BCUT2D eigenvalue weighted by Gasteiger charge is 2.29. The number of rotatable bonds is 5. The van der Waals surface area contributed by atoms with E-state index in [-0.39, 0.29) is 11.9 Å². The fourth-order valence-corrected chi connectivity index (χ4v) is 5.87. The Bertz CT molecular complexity index is 1390. The number of carbonyl (C=O) groups is 1. The Kier molecular flexibility index (Phi) is 6.15. The SMILES string of the molecule is COc1ccc(-c2nn(C)c3sc(C(=O)N4CCN(c5cccc(C)c5)[C@H](C)C4)cc23)cc1OC. The van der Waals surface area contributed by atoms with Crippen molar-refractivity contribution in [1.29, 1.82) is 0 Å². The molecule has 1 amide bonds. The predicted octanol–water partition coefficient (Wildman–Crippen LogP) is 4.98. The molecule has 0 saturated carbocycles. The molecule has 1 aliphatic heterocycles. The van der Waals surface area contributed by atoms with Crippen LogP contribution in [0.3, 0.4) is 0 Å². The summed E-state index contributed by atoms with van der Waals surface area (Å²) in [5.41, 5.74) is 4.22. The smallest absolute Gasteiger partial charge is 0.264 e. The van der Waals surface area contributed by atoms with Crippen LogP contribution in [-0.2, 0) is 7.05 Å².